The number of rotatable bonds is 3. The summed E-state index contributed by atoms with van der Waals surface area (Å²) in [4.78, 5) is 2.11. The van der Waals surface area contributed by atoms with Gasteiger partial charge in [-0.25, -0.2) is 0 Å². The minimum absolute atomic E-state index is 0.0259. The number of likely N-dealkylation sites (tertiary alicyclic amines) is 1. The predicted molar refractivity (Wildman–Crippen MR) is 78.4 cm³/mol. The molecule has 0 unspecified atom stereocenters. The van der Waals surface area contributed by atoms with Gasteiger partial charge in [-0.2, -0.15) is 13.2 Å². The molecule has 2 rings (SSSR count). The third-order valence-electron chi connectivity index (χ3n) is 3.57. The molecule has 0 amide bonds. The van der Waals surface area contributed by atoms with Gasteiger partial charge in [0.2, 0.25) is 0 Å². The molecule has 1 aliphatic rings. The maximum absolute atomic E-state index is 13.0. The Kier molecular flexibility index (Phi) is 5.02. The molecule has 0 bridgehead atoms. The summed E-state index contributed by atoms with van der Waals surface area (Å²) in [7, 11) is 0. The second-order valence-electron chi connectivity index (χ2n) is 5.06. The van der Waals surface area contributed by atoms with E-state index in [0.717, 1.165) is 32.0 Å². The first-order valence-corrected chi connectivity index (χ1v) is 7.07. The summed E-state index contributed by atoms with van der Waals surface area (Å²) in [5.41, 5.74) is -0.747. The molecule has 1 saturated heterocycles. The third kappa shape index (κ3) is 4.05. The van der Waals surface area contributed by atoms with E-state index in [0.29, 0.717) is 6.54 Å². The highest BCUT2D eigenvalue weighted by atomic mass is 35.5. The number of piperidine rings is 1. The van der Waals surface area contributed by atoms with Crippen molar-refractivity contribution in [3.05, 3.63) is 28.8 Å². The Labute approximate surface area is 127 Å². The Morgan fingerprint density at radius 2 is 2.00 bits per heavy atom. The van der Waals surface area contributed by atoms with Gasteiger partial charge in [-0.1, -0.05) is 23.6 Å². The van der Waals surface area contributed by atoms with Gasteiger partial charge in [0.25, 0.3) is 0 Å². The van der Waals surface area contributed by atoms with Crippen molar-refractivity contribution in [2.24, 2.45) is 0 Å². The lowest BCUT2D eigenvalue weighted by Gasteiger charge is -2.32. The standard InChI is InChI=1S/C15H16ClF3N2/c1-2-8-21-9-6-11(7-10-21)20-14-12(15(17,18)19)4-3-5-13(14)16/h1,3-5,11,20H,6-10H2. The monoisotopic (exact) mass is 316 g/mol. The zero-order valence-electron chi connectivity index (χ0n) is 11.4. The first-order chi connectivity index (χ1) is 9.91. The highest BCUT2D eigenvalue weighted by molar-refractivity contribution is 6.33. The fourth-order valence-corrected chi connectivity index (χ4v) is 2.70. The number of hydrogen-bond acceptors (Lipinski definition) is 2. The van der Waals surface area contributed by atoms with Crippen molar-refractivity contribution in [1.82, 2.24) is 4.90 Å². The summed E-state index contributed by atoms with van der Waals surface area (Å²) in [5, 5.41) is 3.05. The quantitative estimate of drug-likeness (QED) is 0.852. The van der Waals surface area contributed by atoms with E-state index in [1.807, 2.05) is 0 Å². The summed E-state index contributed by atoms with van der Waals surface area (Å²) >= 11 is 5.93. The van der Waals surface area contributed by atoms with Crippen LogP contribution in [0, 0.1) is 12.3 Å². The van der Waals surface area contributed by atoms with E-state index in [1.165, 1.54) is 12.1 Å². The number of terminal acetylenes is 1. The summed E-state index contributed by atoms with van der Waals surface area (Å²) in [6.07, 6.45) is 2.32. The van der Waals surface area contributed by atoms with Crippen molar-refractivity contribution in [3.63, 3.8) is 0 Å². The Hall–Kier alpha value is -1.38. The van der Waals surface area contributed by atoms with Crippen LogP contribution in [-0.2, 0) is 6.18 Å². The minimum atomic E-state index is -4.42. The molecule has 0 aromatic heterocycles. The summed E-state index contributed by atoms with van der Waals surface area (Å²) in [6, 6.07) is 3.79. The molecule has 1 heterocycles. The predicted octanol–water partition coefficient (Wildman–Crippen LogP) is 3.87. The van der Waals surface area contributed by atoms with Crippen LogP contribution in [0.1, 0.15) is 18.4 Å². The highest BCUT2D eigenvalue weighted by Gasteiger charge is 2.35. The van der Waals surface area contributed by atoms with Gasteiger partial charge in [-0.05, 0) is 25.0 Å². The van der Waals surface area contributed by atoms with E-state index in [1.54, 1.807) is 0 Å². The molecule has 1 aromatic rings. The second-order valence-corrected chi connectivity index (χ2v) is 5.47. The molecule has 2 nitrogen and oxygen atoms in total. The number of anilines is 1. The van der Waals surface area contributed by atoms with Crippen LogP contribution < -0.4 is 5.32 Å². The molecule has 6 heteroatoms. The smallest absolute Gasteiger partial charge is 0.381 e. The van der Waals surface area contributed by atoms with Crippen LogP contribution in [0.3, 0.4) is 0 Å². The molecule has 0 aliphatic carbocycles. The molecule has 0 saturated carbocycles. The molecule has 1 N–H and O–H groups in total. The Morgan fingerprint density at radius 1 is 1.33 bits per heavy atom. The number of nitrogens with one attached hydrogen (secondary N) is 1. The molecule has 114 valence electrons. The maximum atomic E-state index is 13.0. The Bertz CT molecular complexity index is 529. The molecule has 21 heavy (non-hydrogen) atoms. The average Bonchev–Trinajstić information content (AvgIpc) is 2.42. The second kappa shape index (κ2) is 6.59. The van der Waals surface area contributed by atoms with Crippen molar-refractivity contribution in [2.75, 3.05) is 25.0 Å². The Morgan fingerprint density at radius 3 is 2.57 bits per heavy atom. The van der Waals surface area contributed by atoms with Gasteiger partial charge >= 0.3 is 6.18 Å². The fourth-order valence-electron chi connectivity index (χ4n) is 2.48. The molecule has 0 atom stereocenters. The third-order valence-corrected chi connectivity index (χ3v) is 3.88. The van der Waals surface area contributed by atoms with Crippen LogP contribution in [0.5, 0.6) is 0 Å². The van der Waals surface area contributed by atoms with Crippen molar-refractivity contribution >= 4 is 17.3 Å². The first kappa shape index (κ1) is 16.0. The number of nitrogens with zero attached hydrogens (tertiary/aromatic N) is 1. The van der Waals surface area contributed by atoms with E-state index in [9.17, 15) is 13.2 Å². The molecule has 0 spiro atoms. The number of alkyl halides is 3. The van der Waals surface area contributed by atoms with Gasteiger partial charge in [0.1, 0.15) is 0 Å². The van der Waals surface area contributed by atoms with Gasteiger partial charge in [-0.15, -0.1) is 6.42 Å². The lowest BCUT2D eigenvalue weighted by atomic mass is 10.0. The Balaban J connectivity index is 2.09. The van der Waals surface area contributed by atoms with Crippen LogP contribution in [0.4, 0.5) is 18.9 Å². The number of halogens is 4. The molecule has 0 radical (unpaired) electrons. The topological polar surface area (TPSA) is 15.3 Å². The average molecular weight is 317 g/mol. The van der Waals surface area contributed by atoms with Crippen LogP contribution in [0.15, 0.2) is 18.2 Å². The summed E-state index contributed by atoms with van der Waals surface area (Å²) in [6.45, 7) is 2.12. The fraction of sp³-hybridized carbons (Fsp3) is 0.467. The molecular formula is C15H16ClF3N2. The molecule has 1 fully saturated rings. The van der Waals surface area contributed by atoms with Gasteiger partial charge < -0.3 is 5.32 Å². The highest BCUT2D eigenvalue weighted by Crippen LogP contribution is 2.39. The number of benzene rings is 1. The van der Waals surface area contributed by atoms with Gasteiger partial charge in [0, 0.05) is 19.1 Å². The first-order valence-electron chi connectivity index (χ1n) is 6.70. The van der Waals surface area contributed by atoms with E-state index in [2.05, 4.69) is 16.1 Å². The van der Waals surface area contributed by atoms with Crippen LogP contribution in [-0.4, -0.2) is 30.6 Å². The summed E-state index contributed by atoms with van der Waals surface area (Å²) < 4.78 is 39.0. The van der Waals surface area contributed by atoms with Gasteiger partial charge in [0.05, 0.1) is 22.8 Å². The largest absolute Gasteiger partial charge is 0.418 e. The van der Waals surface area contributed by atoms with Gasteiger partial charge in [0.15, 0.2) is 0 Å². The van der Waals surface area contributed by atoms with Crippen molar-refractivity contribution in [3.8, 4) is 12.3 Å². The van der Waals surface area contributed by atoms with E-state index in [4.69, 9.17) is 18.0 Å². The van der Waals surface area contributed by atoms with E-state index < -0.39 is 11.7 Å². The zero-order valence-corrected chi connectivity index (χ0v) is 12.1. The lowest BCUT2D eigenvalue weighted by molar-refractivity contribution is -0.137. The lowest BCUT2D eigenvalue weighted by Crippen LogP contribution is -2.39. The van der Waals surface area contributed by atoms with Gasteiger partial charge in [-0.3, -0.25) is 4.90 Å². The number of para-hydroxylation sites is 1. The number of hydrogen-bond donors (Lipinski definition) is 1. The minimum Gasteiger partial charge on any atom is -0.381 e. The van der Waals surface area contributed by atoms with Crippen LogP contribution in [0.2, 0.25) is 5.02 Å². The molecule has 1 aromatic carbocycles. The SMILES string of the molecule is C#CCN1CCC(Nc2c(Cl)cccc2C(F)(F)F)CC1. The summed E-state index contributed by atoms with van der Waals surface area (Å²) in [5.74, 6) is 2.58. The van der Waals surface area contributed by atoms with Crippen LogP contribution >= 0.6 is 11.6 Å². The van der Waals surface area contributed by atoms with Crippen LogP contribution in [0.25, 0.3) is 0 Å². The zero-order chi connectivity index (χ0) is 15.5. The maximum Gasteiger partial charge on any atom is 0.418 e. The van der Waals surface area contributed by atoms with Crippen molar-refractivity contribution in [1.29, 1.82) is 0 Å². The normalized spacial score (nSPS) is 17.5. The molecular weight excluding hydrogens is 301 g/mol. The van der Waals surface area contributed by atoms with Crippen molar-refractivity contribution < 1.29 is 13.2 Å². The van der Waals surface area contributed by atoms with Crippen molar-refractivity contribution in [2.45, 2.75) is 25.1 Å². The van der Waals surface area contributed by atoms with E-state index >= 15 is 0 Å². The van der Waals surface area contributed by atoms with E-state index in [-0.39, 0.29) is 16.8 Å². The molecule has 1 aliphatic heterocycles.